The molecule has 1 atom stereocenters. The molecule has 0 radical (unpaired) electrons. The first-order valence-electron chi connectivity index (χ1n) is 9.64. The van der Waals surface area contributed by atoms with Gasteiger partial charge in [-0.1, -0.05) is 0 Å². The Balaban J connectivity index is 1.23. The maximum Gasteiger partial charge on any atom is 0.299 e. The zero-order chi connectivity index (χ0) is 19.1. The standard InChI is InChI=1S/C19H22N6O2S/c20-18-22-13-5-8-24(11-15(13)28-18)16(26)9-12-3-2-7-25(10-12)19-23-17-14(27-19)4-1-6-21-17/h1,4,6,12H,2-3,5,7-11H2,(H2,20,22). The number of hydrogen-bond donors (Lipinski definition) is 1. The molecule has 1 unspecified atom stereocenters. The highest BCUT2D eigenvalue weighted by molar-refractivity contribution is 7.15. The number of rotatable bonds is 3. The maximum atomic E-state index is 12.9. The summed E-state index contributed by atoms with van der Waals surface area (Å²) in [5.74, 6) is 0.515. The number of fused-ring (bicyclic) bond motifs is 2. The highest BCUT2D eigenvalue weighted by Gasteiger charge is 2.29. The lowest BCUT2D eigenvalue weighted by molar-refractivity contribution is -0.133. The first-order valence-corrected chi connectivity index (χ1v) is 10.5. The van der Waals surface area contributed by atoms with Crippen LogP contribution in [0, 0.1) is 5.92 Å². The molecule has 0 spiro atoms. The summed E-state index contributed by atoms with van der Waals surface area (Å²) in [6, 6.07) is 4.32. The van der Waals surface area contributed by atoms with E-state index in [2.05, 4.69) is 19.9 Å². The van der Waals surface area contributed by atoms with Gasteiger partial charge in [-0.2, -0.15) is 4.98 Å². The topological polar surface area (TPSA) is 101 Å². The third kappa shape index (κ3) is 3.30. The fourth-order valence-corrected chi connectivity index (χ4v) is 5.00. The van der Waals surface area contributed by atoms with E-state index in [0.29, 0.717) is 41.3 Å². The highest BCUT2D eigenvalue weighted by Crippen LogP contribution is 2.30. The lowest BCUT2D eigenvalue weighted by Crippen LogP contribution is -2.40. The molecular weight excluding hydrogens is 376 g/mol. The van der Waals surface area contributed by atoms with Crippen LogP contribution in [0.1, 0.15) is 29.8 Å². The van der Waals surface area contributed by atoms with Crippen molar-refractivity contribution in [2.45, 2.75) is 32.2 Å². The molecule has 1 saturated heterocycles. The molecule has 3 aromatic heterocycles. The maximum absolute atomic E-state index is 12.9. The summed E-state index contributed by atoms with van der Waals surface area (Å²) < 4.78 is 5.86. The number of nitrogen functional groups attached to an aromatic ring is 1. The zero-order valence-electron chi connectivity index (χ0n) is 15.5. The third-order valence-electron chi connectivity index (χ3n) is 5.51. The minimum absolute atomic E-state index is 0.212. The molecule has 5 heterocycles. The Kier molecular flexibility index (Phi) is 4.38. The average molecular weight is 398 g/mol. The number of nitrogens with two attached hydrogens (primary N) is 1. The molecule has 0 bridgehead atoms. The normalized spacial score (nSPS) is 19.8. The van der Waals surface area contributed by atoms with Crippen molar-refractivity contribution < 1.29 is 9.21 Å². The SMILES string of the molecule is Nc1nc2c(s1)CN(C(=O)CC1CCCN(c3nc4ncccc4o3)C1)CC2. The molecule has 2 aliphatic rings. The second-order valence-electron chi connectivity index (χ2n) is 7.47. The van der Waals surface area contributed by atoms with E-state index in [-0.39, 0.29) is 5.91 Å². The molecule has 2 aliphatic heterocycles. The quantitative estimate of drug-likeness (QED) is 0.723. The summed E-state index contributed by atoms with van der Waals surface area (Å²) >= 11 is 1.49. The molecule has 28 heavy (non-hydrogen) atoms. The van der Waals surface area contributed by atoms with E-state index in [4.69, 9.17) is 10.2 Å². The van der Waals surface area contributed by atoms with Crippen LogP contribution in [0.3, 0.4) is 0 Å². The van der Waals surface area contributed by atoms with Crippen molar-refractivity contribution in [3.05, 3.63) is 28.9 Å². The molecule has 2 N–H and O–H groups in total. The first kappa shape index (κ1) is 17.4. The monoisotopic (exact) mass is 398 g/mol. The molecule has 1 amide bonds. The largest absolute Gasteiger partial charge is 0.422 e. The number of hydrogen-bond acceptors (Lipinski definition) is 8. The first-order chi connectivity index (χ1) is 13.7. The minimum atomic E-state index is 0.212. The van der Waals surface area contributed by atoms with Crippen LogP contribution in [-0.4, -0.2) is 45.4 Å². The van der Waals surface area contributed by atoms with Gasteiger partial charge in [0, 0.05) is 43.5 Å². The van der Waals surface area contributed by atoms with Crippen molar-refractivity contribution in [3.8, 4) is 0 Å². The molecule has 8 nitrogen and oxygen atoms in total. The van der Waals surface area contributed by atoms with Crippen molar-refractivity contribution in [1.82, 2.24) is 19.9 Å². The number of amides is 1. The van der Waals surface area contributed by atoms with Gasteiger partial charge in [0.2, 0.25) is 11.6 Å². The van der Waals surface area contributed by atoms with Gasteiger partial charge < -0.3 is 20.0 Å². The van der Waals surface area contributed by atoms with Crippen molar-refractivity contribution >= 4 is 39.6 Å². The van der Waals surface area contributed by atoms with E-state index in [9.17, 15) is 4.79 Å². The molecule has 0 saturated carbocycles. The van der Waals surface area contributed by atoms with Crippen molar-refractivity contribution in [2.75, 3.05) is 30.3 Å². The number of thiazole rings is 1. The summed E-state index contributed by atoms with van der Waals surface area (Å²) in [5.41, 5.74) is 8.19. The average Bonchev–Trinajstić information content (AvgIpc) is 3.29. The van der Waals surface area contributed by atoms with E-state index in [1.165, 1.54) is 11.3 Å². The number of oxazole rings is 1. The highest BCUT2D eigenvalue weighted by atomic mass is 32.1. The smallest absolute Gasteiger partial charge is 0.299 e. The Morgan fingerprint density at radius 2 is 2.29 bits per heavy atom. The molecule has 5 rings (SSSR count). The fraction of sp³-hybridized carbons (Fsp3) is 0.474. The number of aromatic nitrogens is 3. The van der Waals surface area contributed by atoms with Gasteiger partial charge in [-0.3, -0.25) is 4.79 Å². The Bertz CT molecular complexity index is 982. The Morgan fingerprint density at radius 3 is 3.18 bits per heavy atom. The molecule has 0 aliphatic carbocycles. The lowest BCUT2D eigenvalue weighted by Gasteiger charge is -2.33. The van der Waals surface area contributed by atoms with Gasteiger partial charge in [0.15, 0.2) is 10.7 Å². The number of carbonyl (C=O) groups excluding carboxylic acids is 1. The molecule has 9 heteroatoms. The van der Waals surface area contributed by atoms with Gasteiger partial charge in [-0.05, 0) is 30.9 Å². The van der Waals surface area contributed by atoms with Crippen LogP contribution in [0.15, 0.2) is 22.7 Å². The number of carbonyl (C=O) groups is 1. The van der Waals surface area contributed by atoms with Gasteiger partial charge in [0.1, 0.15) is 0 Å². The number of nitrogens with zero attached hydrogens (tertiary/aromatic N) is 5. The van der Waals surface area contributed by atoms with Crippen molar-refractivity contribution in [3.63, 3.8) is 0 Å². The predicted molar refractivity (Wildman–Crippen MR) is 107 cm³/mol. The van der Waals surface area contributed by atoms with Crippen molar-refractivity contribution in [2.24, 2.45) is 5.92 Å². The molecule has 1 fully saturated rings. The van der Waals surface area contributed by atoms with Crippen LogP contribution in [0.4, 0.5) is 11.1 Å². The van der Waals surface area contributed by atoms with Crippen molar-refractivity contribution in [1.29, 1.82) is 0 Å². The summed E-state index contributed by atoms with van der Waals surface area (Å²) in [6.45, 7) is 3.04. The van der Waals surface area contributed by atoms with Crippen LogP contribution in [-0.2, 0) is 17.8 Å². The van der Waals surface area contributed by atoms with E-state index in [1.807, 2.05) is 17.0 Å². The number of piperidine rings is 1. The zero-order valence-corrected chi connectivity index (χ0v) is 16.3. The van der Waals surface area contributed by atoms with Gasteiger partial charge in [0.25, 0.3) is 6.01 Å². The van der Waals surface area contributed by atoms with Gasteiger partial charge in [-0.15, -0.1) is 11.3 Å². The van der Waals surface area contributed by atoms with Crippen LogP contribution in [0.2, 0.25) is 0 Å². The van der Waals surface area contributed by atoms with E-state index < -0.39 is 0 Å². The summed E-state index contributed by atoms with van der Waals surface area (Å²) in [4.78, 5) is 31.2. The van der Waals surface area contributed by atoms with Crippen LogP contribution >= 0.6 is 11.3 Å². The van der Waals surface area contributed by atoms with Gasteiger partial charge in [-0.25, -0.2) is 9.97 Å². The van der Waals surface area contributed by atoms with E-state index in [1.54, 1.807) is 6.20 Å². The fourth-order valence-electron chi connectivity index (χ4n) is 4.10. The van der Waals surface area contributed by atoms with Crippen LogP contribution in [0.25, 0.3) is 11.2 Å². The Labute approximate surface area is 166 Å². The van der Waals surface area contributed by atoms with Crippen LogP contribution in [0.5, 0.6) is 0 Å². The second-order valence-corrected chi connectivity index (χ2v) is 8.58. The van der Waals surface area contributed by atoms with E-state index >= 15 is 0 Å². The summed E-state index contributed by atoms with van der Waals surface area (Å²) in [6.07, 6.45) is 5.14. The minimum Gasteiger partial charge on any atom is -0.422 e. The summed E-state index contributed by atoms with van der Waals surface area (Å²) in [7, 11) is 0. The van der Waals surface area contributed by atoms with E-state index in [0.717, 1.165) is 49.5 Å². The lowest BCUT2D eigenvalue weighted by atomic mass is 9.94. The molecule has 146 valence electrons. The second kappa shape index (κ2) is 7.05. The molecule has 0 aromatic carbocycles. The summed E-state index contributed by atoms with van der Waals surface area (Å²) in [5, 5.41) is 0.593. The Hall–Kier alpha value is -2.68. The third-order valence-corrected chi connectivity index (χ3v) is 6.42. The van der Waals surface area contributed by atoms with Gasteiger partial charge >= 0.3 is 0 Å². The molecule has 3 aromatic rings. The molecular formula is C19H22N6O2S. The predicted octanol–water partition coefficient (Wildman–Crippen LogP) is 2.45. The van der Waals surface area contributed by atoms with Crippen LogP contribution < -0.4 is 10.6 Å². The number of anilines is 2. The van der Waals surface area contributed by atoms with Gasteiger partial charge in [0.05, 0.1) is 12.2 Å². The number of pyridine rings is 1. The Morgan fingerprint density at radius 1 is 1.36 bits per heavy atom.